The summed E-state index contributed by atoms with van der Waals surface area (Å²) in [7, 11) is 0. The first-order valence-electron chi connectivity index (χ1n) is 6.94. The maximum absolute atomic E-state index is 12.7. The molecule has 0 aliphatic heterocycles. The zero-order chi connectivity index (χ0) is 17.1. The van der Waals surface area contributed by atoms with E-state index in [9.17, 15) is 13.6 Å². The van der Waals surface area contributed by atoms with Gasteiger partial charge in [-0.3, -0.25) is 9.36 Å². The zero-order valence-electron chi connectivity index (χ0n) is 12.2. The van der Waals surface area contributed by atoms with Crippen LogP contribution in [0.3, 0.4) is 0 Å². The van der Waals surface area contributed by atoms with Crippen molar-refractivity contribution in [2.45, 2.75) is 6.55 Å². The van der Waals surface area contributed by atoms with Gasteiger partial charge < -0.3 is 4.74 Å². The molecule has 0 aliphatic rings. The third kappa shape index (κ3) is 3.51. The average Bonchev–Trinajstić information content (AvgIpc) is 2.58. The third-order valence-electron chi connectivity index (χ3n) is 3.29. The molecule has 7 heteroatoms. The molecule has 3 aromatic rings. The predicted molar refractivity (Wildman–Crippen MR) is 89.4 cm³/mol. The Kier molecular flexibility index (Phi) is 4.71. The minimum Gasteiger partial charge on any atom is -0.435 e. The molecule has 1 aromatic heterocycles. The van der Waals surface area contributed by atoms with Gasteiger partial charge in [0.2, 0.25) is 0 Å². The molecular weight excluding hydrogens is 382 g/mol. The minimum atomic E-state index is -2.94. The second-order valence-corrected chi connectivity index (χ2v) is 5.77. The van der Waals surface area contributed by atoms with Gasteiger partial charge in [0.05, 0.1) is 0 Å². The summed E-state index contributed by atoms with van der Waals surface area (Å²) in [4.78, 5) is 15.5. The van der Waals surface area contributed by atoms with Crippen molar-refractivity contribution >= 4 is 15.9 Å². The van der Waals surface area contributed by atoms with Crippen molar-refractivity contribution in [3.63, 3.8) is 0 Å². The number of alkyl halides is 2. The molecule has 0 atom stereocenters. The first-order chi connectivity index (χ1) is 11.5. The summed E-state index contributed by atoms with van der Waals surface area (Å²) in [6.07, 6.45) is 2.01. The van der Waals surface area contributed by atoms with Gasteiger partial charge in [0.15, 0.2) is 0 Å². The number of aromatic nitrogens is 2. The normalized spacial score (nSPS) is 10.8. The quantitative estimate of drug-likeness (QED) is 0.636. The van der Waals surface area contributed by atoms with Gasteiger partial charge >= 0.3 is 12.1 Å². The molecule has 1 heterocycles. The van der Waals surface area contributed by atoms with Crippen LogP contribution in [0.15, 0.2) is 70.2 Å². The van der Waals surface area contributed by atoms with Crippen LogP contribution in [0.1, 0.15) is 6.55 Å². The lowest BCUT2D eigenvalue weighted by atomic mass is 10.1. The van der Waals surface area contributed by atoms with E-state index in [1.165, 1.54) is 0 Å². The number of benzene rings is 2. The smallest absolute Gasteiger partial charge is 0.321 e. The fourth-order valence-corrected chi connectivity index (χ4v) is 2.36. The second-order valence-electron chi connectivity index (χ2n) is 4.86. The van der Waals surface area contributed by atoms with Gasteiger partial charge in [-0.05, 0) is 35.4 Å². The van der Waals surface area contributed by atoms with Crippen LogP contribution in [-0.2, 0) is 0 Å². The first-order valence-corrected chi connectivity index (χ1v) is 7.73. The van der Waals surface area contributed by atoms with Crippen molar-refractivity contribution in [1.82, 2.24) is 9.55 Å². The van der Waals surface area contributed by atoms with Gasteiger partial charge in [-0.25, -0.2) is 4.98 Å². The summed E-state index contributed by atoms with van der Waals surface area (Å²) in [5.41, 5.74) is 0.994. The van der Waals surface area contributed by atoms with Crippen LogP contribution in [0, 0.1) is 0 Å². The molecule has 3 rings (SSSR count). The number of hydrogen-bond acceptors (Lipinski definition) is 3. The van der Waals surface area contributed by atoms with E-state index >= 15 is 0 Å². The lowest BCUT2D eigenvalue weighted by molar-refractivity contribution is 0.0650. The topological polar surface area (TPSA) is 44.1 Å². The van der Waals surface area contributed by atoms with Crippen molar-refractivity contribution in [3.05, 3.63) is 75.8 Å². The highest BCUT2D eigenvalue weighted by Gasteiger charge is 2.13. The van der Waals surface area contributed by atoms with Crippen molar-refractivity contribution in [3.8, 4) is 22.8 Å². The standard InChI is InChI=1S/C17H11BrF2N2O2/c18-13-5-1-11(2-6-13)12-3-7-14(8-4-12)24-15-16(23)22(17(19)20)10-9-21-15/h1-10,17H. The molecule has 2 aromatic carbocycles. The van der Waals surface area contributed by atoms with Crippen LogP contribution in [0.5, 0.6) is 11.6 Å². The molecule has 0 saturated heterocycles. The average molecular weight is 393 g/mol. The van der Waals surface area contributed by atoms with Gasteiger partial charge in [-0.15, -0.1) is 0 Å². The Hall–Kier alpha value is -2.54. The zero-order valence-corrected chi connectivity index (χ0v) is 13.8. The minimum absolute atomic E-state index is 0.262. The predicted octanol–water partition coefficient (Wildman–Crippen LogP) is 4.86. The maximum atomic E-state index is 12.7. The molecule has 24 heavy (non-hydrogen) atoms. The summed E-state index contributed by atoms with van der Waals surface area (Å²) in [6.45, 7) is -2.94. The van der Waals surface area contributed by atoms with Gasteiger partial charge in [0.25, 0.3) is 5.88 Å². The Morgan fingerprint density at radius 3 is 2.17 bits per heavy atom. The van der Waals surface area contributed by atoms with Gasteiger partial charge in [-0.1, -0.05) is 40.2 Å². The lowest BCUT2D eigenvalue weighted by Crippen LogP contribution is -2.22. The van der Waals surface area contributed by atoms with Crippen LogP contribution >= 0.6 is 15.9 Å². The van der Waals surface area contributed by atoms with Crippen LogP contribution in [0.2, 0.25) is 0 Å². The summed E-state index contributed by atoms with van der Waals surface area (Å²) >= 11 is 3.38. The van der Waals surface area contributed by atoms with E-state index in [1.54, 1.807) is 12.1 Å². The molecule has 0 N–H and O–H groups in total. The SMILES string of the molecule is O=c1c(Oc2ccc(-c3ccc(Br)cc3)cc2)nccn1C(F)F. The van der Waals surface area contributed by atoms with Crippen LogP contribution in [0.25, 0.3) is 11.1 Å². The summed E-state index contributed by atoms with van der Waals surface area (Å²) in [5.74, 6) is -0.0540. The number of rotatable bonds is 4. The largest absolute Gasteiger partial charge is 0.435 e. The fourth-order valence-electron chi connectivity index (χ4n) is 2.10. The van der Waals surface area contributed by atoms with Crippen molar-refractivity contribution in [2.24, 2.45) is 0 Å². The maximum Gasteiger partial charge on any atom is 0.321 e. The van der Waals surface area contributed by atoms with Crippen molar-refractivity contribution < 1.29 is 13.5 Å². The molecule has 0 bridgehead atoms. The molecule has 0 saturated carbocycles. The Balaban J connectivity index is 1.83. The van der Waals surface area contributed by atoms with E-state index in [-0.39, 0.29) is 4.57 Å². The van der Waals surface area contributed by atoms with E-state index in [2.05, 4.69) is 20.9 Å². The van der Waals surface area contributed by atoms with E-state index in [0.717, 1.165) is 28.0 Å². The lowest BCUT2D eigenvalue weighted by Gasteiger charge is -2.08. The van der Waals surface area contributed by atoms with E-state index < -0.39 is 18.0 Å². The van der Waals surface area contributed by atoms with Crippen LogP contribution < -0.4 is 10.3 Å². The molecule has 0 radical (unpaired) electrons. The van der Waals surface area contributed by atoms with E-state index in [1.807, 2.05) is 36.4 Å². The number of nitrogens with zero attached hydrogens (tertiary/aromatic N) is 2. The van der Waals surface area contributed by atoms with Gasteiger partial charge in [-0.2, -0.15) is 8.78 Å². The number of hydrogen-bond donors (Lipinski definition) is 0. The highest BCUT2D eigenvalue weighted by atomic mass is 79.9. The number of ether oxygens (including phenoxy) is 1. The van der Waals surface area contributed by atoms with Crippen LogP contribution in [0.4, 0.5) is 8.78 Å². The molecule has 0 spiro atoms. The molecular formula is C17H11BrF2N2O2. The Morgan fingerprint density at radius 1 is 1.00 bits per heavy atom. The molecule has 0 aliphatic carbocycles. The van der Waals surface area contributed by atoms with Crippen molar-refractivity contribution in [1.29, 1.82) is 0 Å². The molecule has 0 fully saturated rings. The summed E-state index contributed by atoms with van der Waals surface area (Å²) in [6, 6.07) is 14.7. The first kappa shape index (κ1) is 16.3. The van der Waals surface area contributed by atoms with Crippen LogP contribution in [-0.4, -0.2) is 9.55 Å². The third-order valence-corrected chi connectivity index (χ3v) is 3.82. The Labute approximate surface area is 144 Å². The second kappa shape index (κ2) is 6.92. The molecule has 0 amide bonds. The van der Waals surface area contributed by atoms with Crippen molar-refractivity contribution in [2.75, 3.05) is 0 Å². The molecule has 4 nitrogen and oxygen atoms in total. The Morgan fingerprint density at radius 2 is 1.58 bits per heavy atom. The summed E-state index contributed by atoms with van der Waals surface area (Å²) < 4.78 is 32.0. The highest BCUT2D eigenvalue weighted by Crippen LogP contribution is 2.25. The molecule has 122 valence electrons. The highest BCUT2D eigenvalue weighted by molar-refractivity contribution is 9.10. The van der Waals surface area contributed by atoms with E-state index in [0.29, 0.717) is 5.75 Å². The number of halogens is 3. The Bertz CT molecular complexity index is 894. The van der Waals surface area contributed by atoms with Gasteiger partial charge in [0.1, 0.15) is 5.75 Å². The fraction of sp³-hybridized carbons (Fsp3) is 0.0588. The monoisotopic (exact) mass is 392 g/mol. The summed E-state index contributed by atoms with van der Waals surface area (Å²) in [5, 5.41) is 0. The molecule has 0 unspecified atom stereocenters. The van der Waals surface area contributed by atoms with E-state index in [4.69, 9.17) is 4.74 Å². The van der Waals surface area contributed by atoms with Gasteiger partial charge in [0, 0.05) is 16.9 Å².